The third-order valence-corrected chi connectivity index (χ3v) is 4.34. The highest BCUT2D eigenvalue weighted by Gasteiger charge is 2.28. The van der Waals surface area contributed by atoms with Gasteiger partial charge in [-0.2, -0.15) is 0 Å². The van der Waals surface area contributed by atoms with Crippen molar-refractivity contribution in [2.24, 2.45) is 0 Å². The summed E-state index contributed by atoms with van der Waals surface area (Å²) in [7, 11) is 0. The number of nitrogens with one attached hydrogen (secondary N) is 1. The fourth-order valence-electron chi connectivity index (χ4n) is 3.26. The first-order valence-corrected chi connectivity index (χ1v) is 7.47. The number of hydrogen-bond donors (Lipinski definition) is 1. The molecule has 1 N–H and O–H groups in total. The van der Waals surface area contributed by atoms with Crippen molar-refractivity contribution in [1.82, 2.24) is 10.2 Å². The smallest absolute Gasteiger partial charge is 0.123 e. The van der Waals surface area contributed by atoms with E-state index in [-0.39, 0.29) is 0 Å². The Kier molecular flexibility index (Phi) is 3.76. The van der Waals surface area contributed by atoms with Gasteiger partial charge in [0.25, 0.3) is 0 Å². The molecule has 1 fully saturated rings. The molecule has 2 unspecified atom stereocenters. The van der Waals surface area contributed by atoms with Gasteiger partial charge in [-0.1, -0.05) is 24.6 Å². The minimum atomic E-state index is 0.337. The lowest BCUT2D eigenvalue weighted by molar-refractivity contribution is 0.0962. The van der Waals surface area contributed by atoms with Gasteiger partial charge in [0.05, 0.1) is 0 Å². The van der Waals surface area contributed by atoms with Crippen LogP contribution in [0.3, 0.4) is 0 Å². The van der Waals surface area contributed by atoms with E-state index < -0.39 is 0 Å². The summed E-state index contributed by atoms with van der Waals surface area (Å²) >= 11 is 0. The molecule has 3 rings (SSSR count). The lowest BCUT2D eigenvalue weighted by Crippen LogP contribution is -2.53. The van der Waals surface area contributed by atoms with Crippen molar-refractivity contribution < 1.29 is 4.74 Å². The van der Waals surface area contributed by atoms with E-state index in [1.807, 2.05) is 0 Å². The number of ether oxygens (including phenoxy) is 1. The van der Waals surface area contributed by atoms with E-state index in [2.05, 4.69) is 42.3 Å². The zero-order chi connectivity index (χ0) is 13.2. The molecule has 1 aromatic rings. The van der Waals surface area contributed by atoms with Crippen molar-refractivity contribution in [3.05, 3.63) is 29.3 Å². The van der Waals surface area contributed by atoms with Crippen molar-refractivity contribution in [3.8, 4) is 5.75 Å². The van der Waals surface area contributed by atoms with Gasteiger partial charge in [-0.3, -0.25) is 4.90 Å². The van der Waals surface area contributed by atoms with Crippen LogP contribution in [0.4, 0.5) is 0 Å². The van der Waals surface area contributed by atoms with Crippen LogP contribution in [0.15, 0.2) is 18.2 Å². The number of nitrogens with zero attached hydrogens (tertiary/aromatic N) is 1. The van der Waals surface area contributed by atoms with Crippen molar-refractivity contribution in [2.75, 3.05) is 26.2 Å². The molecule has 2 aliphatic heterocycles. The fraction of sp³-hybridized carbons (Fsp3) is 0.625. The Morgan fingerprint density at radius 3 is 3.16 bits per heavy atom. The third-order valence-electron chi connectivity index (χ3n) is 4.34. The molecule has 1 aromatic carbocycles. The van der Waals surface area contributed by atoms with E-state index in [1.54, 1.807) is 0 Å². The van der Waals surface area contributed by atoms with Crippen LogP contribution in [0.2, 0.25) is 0 Å². The lowest BCUT2D eigenvalue weighted by atomic mass is 10.1. The number of fused-ring (bicyclic) bond motifs is 1. The number of hydrogen-bond acceptors (Lipinski definition) is 3. The molecule has 19 heavy (non-hydrogen) atoms. The summed E-state index contributed by atoms with van der Waals surface area (Å²) in [6, 6.07) is 7.20. The number of piperazine rings is 1. The average molecular weight is 260 g/mol. The SMILES string of the molecule is CCC1CNCCN1CC1Cc2cc(C)ccc2O1. The molecule has 0 aliphatic carbocycles. The molecule has 0 amide bonds. The summed E-state index contributed by atoms with van der Waals surface area (Å²) in [6.45, 7) is 8.86. The Morgan fingerprint density at radius 2 is 2.32 bits per heavy atom. The van der Waals surface area contributed by atoms with Gasteiger partial charge >= 0.3 is 0 Å². The predicted molar refractivity (Wildman–Crippen MR) is 77.8 cm³/mol. The summed E-state index contributed by atoms with van der Waals surface area (Å²) in [5, 5.41) is 3.48. The molecule has 2 atom stereocenters. The van der Waals surface area contributed by atoms with E-state index in [9.17, 15) is 0 Å². The highest BCUT2D eigenvalue weighted by Crippen LogP contribution is 2.30. The minimum Gasteiger partial charge on any atom is -0.488 e. The maximum atomic E-state index is 6.10. The van der Waals surface area contributed by atoms with Crippen LogP contribution in [-0.4, -0.2) is 43.2 Å². The number of aryl methyl sites for hydroxylation is 1. The number of benzene rings is 1. The normalized spacial score (nSPS) is 27.1. The highest BCUT2D eigenvalue weighted by atomic mass is 16.5. The molecule has 2 aliphatic rings. The molecular weight excluding hydrogens is 236 g/mol. The van der Waals surface area contributed by atoms with Crippen molar-refractivity contribution in [2.45, 2.75) is 38.8 Å². The number of rotatable bonds is 3. The average Bonchev–Trinajstić information content (AvgIpc) is 2.80. The highest BCUT2D eigenvalue weighted by molar-refractivity contribution is 5.40. The fourth-order valence-corrected chi connectivity index (χ4v) is 3.26. The van der Waals surface area contributed by atoms with Crippen LogP contribution in [0, 0.1) is 6.92 Å². The Bertz CT molecular complexity index is 446. The molecule has 1 saturated heterocycles. The largest absolute Gasteiger partial charge is 0.488 e. The lowest BCUT2D eigenvalue weighted by Gasteiger charge is -2.36. The van der Waals surface area contributed by atoms with E-state index in [0.29, 0.717) is 12.1 Å². The summed E-state index contributed by atoms with van der Waals surface area (Å²) in [4.78, 5) is 2.60. The third kappa shape index (κ3) is 2.77. The van der Waals surface area contributed by atoms with Gasteiger partial charge in [0, 0.05) is 38.6 Å². The standard InChI is InChI=1S/C16H24N2O/c1-3-14-10-17-6-7-18(14)11-15-9-13-8-12(2)4-5-16(13)19-15/h4-5,8,14-15,17H,3,6-7,9-11H2,1-2H3. The molecule has 3 nitrogen and oxygen atoms in total. The van der Waals surface area contributed by atoms with E-state index in [1.165, 1.54) is 17.5 Å². The van der Waals surface area contributed by atoms with Crippen LogP contribution < -0.4 is 10.1 Å². The monoisotopic (exact) mass is 260 g/mol. The first-order valence-electron chi connectivity index (χ1n) is 7.47. The summed E-state index contributed by atoms with van der Waals surface area (Å²) < 4.78 is 6.10. The zero-order valence-electron chi connectivity index (χ0n) is 12.0. The van der Waals surface area contributed by atoms with E-state index >= 15 is 0 Å². The second-order valence-corrected chi connectivity index (χ2v) is 5.82. The second kappa shape index (κ2) is 5.51. The van der Waals surface area contributed by atoms with Crippen molar-refractivity contribution >= 4 is 0 Å². The Morgan fingerprint density at radius 1 is 1.42 bits per heavy atom. The van der Waals surface area contributed by atoms with Gasteiger partial charge in [-0.25, -0.2) is 0 Å². The van der Waals surface area contributed by atoms with Gasteiger partial charge in [0.1, 0.15) is 11.9 Å². The molecule has 0 bridgehead atoms. The first kappa shape index (κ1) is 12.9. The minimum absolute atomic E-state index is 0.337. The van der Waals surface area contributed by atoms with Gasteiger partial charge in [-0.05, 0) is 25.0 Å². The van der Waals surface area contributed by atoms with E-state index in [0.717, 1.165) is 38.3 Å². The first-order chi connectivity index (χ1) is 9.26. The van der Waals surface area contributed by atoms with Crippen LogP contribution in [-0.2, 0) is 6.42 Å². The maximum Gasteiger partial charge on any atom is 0.123 e. The summed E-state index contributed by atoms with van der Waals surface area (Å²) in [5.74, 6) is 1.10. The quantitative estimate of drug-likeness (QED) is 0.899. The molecule has 2 heterocycles. The molecular formula is C16H24N2O. The zero-order valence-corrected chi connectivity index (χ0v) is 12.0. The summed E-state index contributed by atoms with van der Waals surface area (Å²) in [5.41, 5.74) is 2.71. The topological polar surface area (TPSA) is 24.5 Å². The molecule has 0 aromatic heterocycles. The van der Waals surface area contributed by atoms with Gasteiger partial charge in [-0.15, -0.1) is 0 Å². The van der Waals surface area contributed by atoms with E-state index in [4.69, 9.17) is 4.74 Å². The molecule has 0 radical (unpaired) electrons. The Labute approximate surface area is 115 Å². The Balaban J connectivity index is 1.63. The molecule has 104 valence electrons. The Hall–Kier alpha value is -1.06. The van der Waals surface area contributed by atoms with Crippen LogP contribution in [0.1, 0.15) is 24.5 Å². The van der Waals surface area contributed by atoms with Crippen molar-refractivity contribution in [3.63, 3.8) is 0 Å². The van der Waals surface area contributed by atoms with Crippen LogP contribution in [0.25, 0.3) is 0 Å². The van der Waals surface area contributed by atoms with Gasteiger partial charge in [0.15, 0.2) is 0 Å². The second-order valence-electron chi connectivity index (χ2n) is 5.82. The van der Waals surface area contributed by atoms with Crippen LogP contribution >= 0.6 is 0 Å². The molecule has 0 spiro atoms. The predicted octanol–water partition coefficient (Wildman–Crippen LogP) is 1.98. The van der Waals surface area contributed by atoms with Gasteiger partial charge in [0.2, 0.25) is 0 Å². The van der Waals surface area contributed by atoms with Crippen LogP contribution in [0.5, 0.6) is 5.75 Å². The molecule has 3 heteroatoms. The summed E-state index contributed by atoms with van der Waals surface area (Å²) in [6.07, 6.45) is 2.62. The molecule has 0 saturated carbocycles. The maximum absolute atomic E-state index is 6.10. The van der Waals surface area contributed by atoms with Gasteiger partial charge < -0.3 is 10.1 Å². The van der Waals surface area contributed by atoms with Crippen molar-refractivity contribution in [1.29, 1.82) is 0 Å².